The number of amides is 2. The van der Waals surface area contributed by atoms with Crippen LogP contribution in [0.4, 0.5) is 0 Å². The molecule has 0 bridgehead atoms. The van der Waals surface area contributed by atoms with Gasteiger partial charge >= 0.3 is 5.91 Å². The molecule has 10 heteroatoms. The first-order valence-electron chi connectivity index (χ1n) is 8.78. The molecule has 0 atom stereocenters. The topological polar surface area (TPSA) is 124 Å². The van der Waals surface area contributed by atoms with E-state index in [9.17, 15) is 18.0 Å². The summed E-state index contributed by atoms with van der Waals surface area (Å²) >= 11 is 0. The number of carbonyl (C=O) groups excluding carboxylic acids is 2. The van der Waals surface area contributed by atoms with E-state index in [2.05, 4.69) is 10.9 Å². The number of ether oxygens (including phenoxy) is 2. The van der Waals surface area contributed by atoms with Crippen molar-refractivity contribution < 1.29 is 31.9 Å². The number of hydrazine groups is 1. The number of hydrogen-bond acceptors (Lipinski definition) is 7. The molecule has 0 aliphatic carbocycles. The van der Waals surface area contributed by atoms with Gasteiger partial charge in [0.2, 0.25) is 6.79 Å². The Labute approximate surface area is 171 Å². The molecule has 0 fully saturated rings. The number of carbonyl (C=O) groups is 2. The zero-order valence-corrected chi connectivity index (χ0v) is 16.3. The van der Waals surface area contributed by atoms with Crippen molar-refractivity contribution in [2.24, 2.45) is 0 Å². The van der Waals surface area contributed by atoms with Gasteiger partial charge in [-0.15, -0.1) is 0 Å². The molecule has 2 aromatic carbocycles. The lowest BCUT2D eigenvalue weighted by Crippen LogP contribution is -2.41. The van der Waals surface area contributed by atoms with Crippen LogP contribution in [0.15, 0.2) is 70.2 Å². The maximum atomic E-state index is 12.6. The summed E-state index contributed by atoms with van der Waals surface area (Å²) in [5.41, 5.74) is 4.89. The fraction of sp³-hybridized carbons (Fsp3) is 0.100. The fourth-order valence-electron chi connectivity index (χ4n) is 2.84. The summed E-state index contributed by atoms with van der Waals surface area (Å²) in [7, 11) is -3.67. The molecule has 0 saturated carbocycles. The molecule has 0 spiro atoms. The molecule has 0 radical (unpaired) electrons. The SMILES string of the molecule is O=C(NNC(=O)c1occc1CS(=O)(=O)c1ccccc1)c1ccc2c(c1)OCO2. The van der Waals surface area contributed by atoms with Crippen LogP contribution in [0.3, 0.4) is 0 Å². The second kappa shape index (κ2) is 7.91. The molecule has 0 unspecified atom stereocenters. The molecule has 1 aromatic heterocycles. The second-order valence-electron chi connectivity index (χ2n) is 6.32. The molecule has 0 saturated heterocycles. The third-order valence-electron chi connectivity index (χ3n) is 4.33. The van der Waals surface area contributed by atoms with Gasteiger partial charge in [0.1, 0.15) is 0 Å². The van der Waals surface area contributed by atoms with Crippen molar-refractivity contribution in [1.82, 2.24) is 10.9 Å². The summed E-state index contributed by atoms with van der Waals surface area (Å²) in [6, 6.07) is 13.9. The minimum atomic E-state index is -3.67. The van der Waals surface area contributed by atoms with E-state index in [1.54, 1.807) is 24.3 Å². The van der Waals surface area contributed by atoms with Crippen LogP contribution in [-0.2, 0) is 15.6 Å². The average Bonchev–Trinajstić information content (AvgIpc) is 3.40. The van der Waals surface area contributed by atoms with Gasteiger partial charge in [-0.1, -0.05) is 18.2 Å². The van der Waals surface area contributed by atoms with E-state index < -0.39 is 27.4 Å². The lowest BCUT2D eigenvalue weighted by atomic mass is 10.2. The third kappa shape index (κ3) is 3.98. The number of benzene rings is 2. The molecule has 30 heavy (non-hydrogen) atoms. The number of sulfone groups is 1. The van der Waals surface area contributed by atoms with Gasteiger partial charge in [0, 0.05) is 11.1 Å². The van der Waals surface area contributed by atoms with Crippen LogP contribution < -0.4 is 20.3 Å². The molecule has 1 aliphatic heterocycles. The molecule has 1 aliphatic rings. The standard InChI is InChI=1S/C20H16N2O7S/c23-19(13-6-7-16-17(10-13)29-12-28-16)21-22-20(24)18-14(8-9-27-18)11-30(25,26)15-4-2-1-3-5-15/h1-10H,11-12H2,(H,21,23)(H,22,24). The Morgan fingerprint density at radius 1 is 0.900 bits per heavy atom. The fourth-order valence-corrected chi connectivity index (χ4v) is 4.22. The van der Waals surface area contributed by atoms with Crippen LogP contribution in [0.5, 0.6) is 11.5 Å². The third-order valence-corrected chi connectivity index (χ3v) is 6.01. The molecule has 9 nitrogen and oxygen atoms in total. The summed E-state index contributed by atoms with van der Waals surface area (Å²) in [6.07, 6.45) is 1.21. The van der Waals surface area contributed by atoms with Gasteiger partial charge in [-0.3, -0.25) is 20.4 Å². The molecule has 4 rings (SSSR count). The van der Waals surface area contributed by atoms with Gasteiger partial charge in [-0.25, -0.2) is 8.42 Å². The minimum Gasteiger partial charge on any atom is -0.459 e. The predicted octanol–water partition coefficient (Wildman–Crippen LogP) is 2.06. The van der Waals surface area contributed by atoms with E-state index in [0.29, 0.717) is 11.5 Å². The van der Waals surface area contributed by atoms with E-state index in [0.717, 1.165) is 0 Å². The van der Waals surface area contributed by atoms with Gasteiger partial charge in [0.15, 0.2) is 27.1 Å². The van der Waals surface area contributed by atoms with Crippen molar-refractivity contribution in [2.45, 2.75) is 10.6 Å². The van der Waals surface area contributed by atoms with Gasteiger partial charge in [0.25, 0.3) is 5.91 Å². The normalized spacial score (nSPS) is 12.4. The molecule has 2 N–H and O–H groups in total. The van der Waals surface area contributed by atoms with Crippen molar-refractivity contribution in [2.75, 3.05) is 6.79 Å². The van der Waals surface area contributed by atoms with Crippen molar-refractivity contribution in [3.8, 4) is 11.5 Å². The highest BCUT2D eigenvalue weighted by atomic mass is 32.2. The highest BCUT2D eigenvalue weighted by Gasteiger charge is 2.23. The summed E-state index contributed by atoms with van der Waals surface area (Å²) < 4.78 is 40.6. The van der Waals surface area contributed by atoms with Crippen molar-refractivity contribution in [3.63, 3.8) is 0 Å². The van der Waals surface area contributed by atoms with Crippen molar-refractivity contribution >= 4 is 21.7 Å². The zero-order chi connectivity index (χ0) is 21.1. The number of nitrogens with one attached hydrogen (secondary N) is 2. The average molecular weight is 428 g/mol. The first-order chi connectivity index (χ1) is 14.4. The van der Waals surface area contributed by atoms with Crippen LogP contribution in [-0.4, -0.2) is 27.0 Å². The molecule has 3 aromatic rings. The van der Waals surface area contributed by atoms with E-state index >= 15 is 0 Å². The maximum Gasteiger partial charge on any atom is 0.305 e. The highest BCUT2D eigenvalue weighted by molar-refractivity contribution is 7.90. The summed E-state index contributed by atoms with van der Waals surface area (Å²) in [6.45, 7) is 0.0737. The first kappa shape index (κ1) is 19.5. The molecule has 2 heterocycles. The maximum absolute atomic E-state index is 12.6. The summed E-state index contributed by atoms with van der Waals surface area (Å²) in [5, 5.41) is 0. The van der Waals surface area contributed by atoms with E-state index in [1.165, 1.54) is 36.6 Å². The molecule has 2 amide bonds. The molecule has 154 valence electrons. The van der Waals surface area contributed by atoms with Crippen molar-refractivity contribution in [1.29, 1.82) is 0 Å². The minimum absolute atomic E-state index is 0.0737. The van der Waals surface area contributed by atoms with E-state index in [1.807, 2.05) is 0 Å². The van der Waals surface area contributed by atoms with Crippen LogP contribution in [0.25, 0.3) is 0 Å². The Morgan fingerprint density at radius 2 is 1.63 bits per heavy atom. The monoisotopic (exact) mass is 428 g/mol. The van der Waals surface area contributed by atoms with Gasteiger partial charge in [0.05, 0.1) is 16.9 Å². The summed E-state index contributed by atoms with van der Waals surface area (Å²) in [5.74, 6) is -1.06. The number of hydrogen-bond donors (Lipinski definition) is 2. The predicted molar refractivity (Wildman–Crippen MR) is 104 cm³/mol. The van der Waals surface area contributed by atoms with Crippen LogP contribution in [0, 0.1) is 0 Å². The first-order valence-corrected chi connectivity index (χ1v) is 10.4. The quantitative estimate of drug-likeness (QED) is 0.596. The van der Waals surface area contributed by atoms with Crippen LogP contribution in [0.1, 0.15) is 26.5 Å². The number of furan rings is 1. The smallest absolute Gasteiger partial charge is 0.305 e. The van der Waals surface area contributed by atoms with E-state index in [4.69, 9.17) is 13.9 Å². The second-order valence-corrected chi connectivity index (χ2v) is 8.31. The Morgan fingerprint density at radius 3 is 2.43 bits per heavy atom. The molecular weight excluding hydrogens is 412 g/mol. The summed E-state index contributed by atoms with van der Waals surface area (Å²) in [4.78, 5) is 24.8. The van der Waals surface area contributed by atoms with Crippen LogP contribution in [0.2, 0.25) is 0 Å². The Bertz CT molecular complexity index is 1200. The zero-order valence-electron chi connectivity index (χ0n) is 15.5. The Balaban J connectivity index is 1.42. The van der Waals surface area contributed by atoms with Gasteiger partial charge in [-0.2, -0.15) is 0 Å². The van der Waals surface area contributed by atoms with Crippen LogP contribution >= 0.6 is 0 Å². The lowest BCUT2D eigenvalue weighted by Gasteiger charge is -2.08. The van der Waals surface area contributed by atoms with E-state index in [-0.39, 0.29) is 28.6 Å². The van der Waals surface area contributed by atoms with Gasteiger partial charge in [-0.05, 0) is 36.4 Å². The Hall–Kier alpha value is -3.79. The van der Waals surface area contributed by atoms with Crippen molar-refractivity contribution in [3.05, 3.63) is 77.7 Å². The highest BCUT2D eigenvalue weighted by Crippen LogP contribution is 2.32. The lowest BCUT2D eigenvalue weighted by molar-refractivity contribution is 0.0830. The van der Waals surface area contributed by atoms with Gasteiger partial charge < -0.3 is 13.9 Å². The Kier molecular flexibility index (Phi) is 5.15. The number of rotatable bonds is 5. The molecular formula is C20H16N2O7S. The number of fused-ring (bicyclic) bond motifs is 1. The largest absolute Gasteiger partial charge is 0.459 e.